The Labute approximate surface area is 139 Å². The Morgan fingerprint density at radius 3 is 2.67 bits per heavy atom. The number of carboxylic acids is 1. The summed E-state index contributed by atoms with van der Waals surface area (Å²) in [6, 6.07) is 6.03. The summed E-state index contributed by atoms with van der Waals surface area (Å²) in [5, 5.41) is 21.9. The molecule has 5 N–H and O–H groups in total. The molecule has 0 spiro atoms. The number of aliphatic hydroxyl groups is 1. The maximum atomic E-state index is 12.7. The number of aliphatic hydroxyl groups excluding tert-OH is 1. The van der Waals surface area contributed by atoms with Gasteiger partial charge in [0.05, 0.1) is 12.5 Å². The minimum absolute atomic E-state index is 0.275. The number of fused-ring (bicyclic) bond motifs is 1. The summed E-state index contributed by atoms with van der Waals surface area (Å²) in [5.41, 5.74) is 7.10. The molecule has 2 amide bonds. The molecule has 0 saturated heterocycles. The van der Waals surface area contributed by atoms with E-state index in [9.17, 15) is 19.5 Å². The first-order valence-corrected chi connectivity index (χ1v) is 7.62. The van der Waals surface area contributed by atoms with Crippen LogP contribution in [0.2, 0.25) is 0 Å². The number of carbonyl (C=O) groups is 3. The topological polar surface area (TPSA) is 133 Å². The highest BCUT2D eigenvalue weighted by Gasteiger charge is 2.37. The molecule has 0 fully saturated rings. The Morgan fingerprint density at radius 1 is 1.38 bits per heavy atom. The van der Waals surface area contributed by atoms with Crippen LogP contribution in [0.3, 0.4) is 0 Å². The van der Waals surface area contributed by atoms with Crippen LogP contribution in [0.25, 0.3) is 0 Å². The van der Waals surface area contributed by atoms with Crippen LogP contribution in [-0.2, 0) is 16.0 Å². The quantitative estimate of drug-likeness (QED) is 0.509. The predicted molar refractivity (Wildman–Crippen MR) is 85.0 cm³/mol. The van der Waals surface area contributed by atoms with Crippen molar-refractivity contribution >= 4 is 17.8 Å². The van der Waals surface area contributed by atoms with Crippen molar-refractivity contribution in [3.8, 4) is 0 Å². The number of amides is 2. The van der Waals surface area contributed by atoms with Gasteiger partial charge in [0.1, 0.15) is 12.3 Å². The molecule has 8 nitrogen and oxygen atoms in total. The fraction of sp³-hybridized carbons (Fsp3) is 0.438. The van der Waals surface area contributed by atoms with E-state index in [0.717, 1.165) is 5.56 Å². The lowest BCUT2D eigenvalue weighted by atomic mass is 9.94. The van der Waals surface area contributed by atoms with Gasteiger partial charge in [-0.05, 0) is 18.1 Å². The summed E-state index contributed by atoms with van der Waals surface area (Å²) in [6.07, 6.45) is -2.49. The summed E-state index contributed by atoms with van der Waals surface area (Å²) < 4.78 is 0. The molecule has 130 valence electrons. The fourth-order valence-electron chi connectivity index (χ4n) is 2.91. The van der Waals surface area contributed by atoms with Gasteiger partial charge in [0, 0.05) is 19.0 Å². The average molecular weight is 335 g/mol. The lowest BCUT2D eigenvalue weighted by molar-refractivity contribution is -0.139. The normalized spacial score (nSPS) is 17.6. The van der Waals surface area contributed by atoms with Crippen LogP contribution >= 0.6 is 0 Å². The van der Waals surface area contributed by atoms with Crippen LogP contribution in [0.15, 0.2) is 24.3 Å². The first-order valence-electron chi connectivity index (χ1n) is 7.62. The van der Waals surface area contributed by atoms with Crippen molar-refractivity contribution in [3.63, 3.8) is 0 Å². The third-order valence-corrected chi connectivity index (χ3v) is 4.05. The molecule has 0 saturated carbocycles. The molecule has 3 unspecified atom stereocenters. The Bertz CT molecular complexity index is 648. The largest absolute Gasteiger partial charge is 0.481 e. The van der Waals surface area contributed by atoms with Gasteiger partial charge in [0.2, 0.25) is 5.91 Å². The molecule has 24 heavy (non-hydrogen) atoms. The number of nitrogens with two attached hydrogens (primary N) is 1. The molecule has 8 heteroatoms. The van der Waals surface area contributed by atoms with Crippen molar-refractivity contribution in [3.05, 3.63) is 35.4 Å². The van der Waals surface area contributed by atoms with E-state index < -0.39 is 36.6 Å². The zero-order valence-electron chi connectivity index (χ0n) is 13.3. The molecule has 0 aromatic heterocycles. The van der Waals surface area contributed by atoms with Crippen LogP contribution in [0.1, 0.15) is 29.3 Å². The Hall–Kier alpha value is -2.45. The molecule has 1 aliphatic heterocycles. The molecule has 0 radical (unpaired) electrons. The second kappa shape index (κ2) is 7.41. The number of hydrogen-bond donors (Lipinski definition) is 4. The summed E-state index contributed by atoms with van der Waals surface area (Å²) >= 11 is 0. The number of benzene rings is 1. The van der Waals surface area contributed by atoms with Crippen molar-refractivity contribution in [2.45, 2.75) is 38.1 Å². The number of hydrogen-bond acceptors (Lipinski definition) is 5. The molecule has 0 aliphatic carbocycles. The van der Waals surface area contributed by atoms with Crippen molar-refractivity contribution in [2.24, 2.45) is 5.73 Å². The lowest BCUT2D eigenvalue weighted by Crippen LogP contribution is -2.60. The molecule has 3 atom stereocenters. The minimum Gasteiger partial charge on any atom is -0.481 e. The maximum absolute atomic E-state index is 12.7. The van der Waals surface area contributed by atoms with Gasteiger partial charge < -0.3 is 26.2 Å². The van der Waals surface area contributed by atoms with Gasteiger partial charge in [-0.3, -0.25) is 14.4 Å². The first kappa shape index (κ1) is 17.9. The van der Waals surface area contributed by atoms with E-state index in [2.05, 4.69) is 5.32 Å². The monoisotopic (exact) mass is 335 g/mol. The van der Waals surface area contributed by atoms with E-state index in [4.69, 9.17) is 10.8 Å². The third-order valence-electron chi connectivity index (χ3n) is 4.05. The molecule has 1 aromatic carbocycles. The van der Waals surface area contributed by atoms with Gasteiger partial charge in [-0.25, -0.2) is 0 Å². The standard InChI is InChI=1S/C16H21N3O5/c1-9(20)18-15(17)14(23)12(8-13(21)22)19-7-6-10-4-2-3-5-11(10)16(19)24/h2-5,12,14-15,23H,6-8,17H2,1H3,(H,18,20)(H,21,22). The second-order valence-corrected chi connectivity index (χ2v) is 5.79. The predicted octanol–water partition coefficient (Wildman–Crippen LogP) is -0.690. The number of carbonyl (C=O) groups excluding carboxylic acids is 2. The van der Waals surface area contributed by atoms with Crippen LogP contribution < -0.4 is 11.1 Å². The van der Waals surface area contributed by atoms with Crippen molar-refractivity contribution in [1.82, 2.24) is 10.2 Å². The van der Waals surface area contributed by atoms with Crippen molar-refractivity contribution in [2.75, 3.05) is 6.54 Å². The summed E-state index contributed by atoms with van der Waals surface area (Å²) in [6.45, 7) is 1.51. The molecule has 2 rings (SSSR count). The SMILES string of the molecule is CC(=O)NC(N)C(O)C(CC(=O)O)N1CCc2ccccc2C1=O. The Morgan fingerprint density at radius 2 is 2.04 bits per heavy atom. The third kappa shape index (κ3) is 3.90. The number of aliphatic carboxylic acids is 1. The van der Waals surface area contributed by atoms with E-state index in [1.165, 1.54) is 11.8 Å². The van der Waals surface area contributed by atoms with Gasteiger partial charge in [0.15, 0.2) is 0 Å². The highest BCUT2D eigenvalue weighted by molar-refractivity contribution is 5.97. The van der Waals surface area contributed by atoms with Gasteiger partial charge in [-0.2, -0.15) is 0 Å². The molecule has 1 heterocycles. The van der Waals surface area contributed by atoms with Gasteiger partial charge in [-0.1, -0.05) is 18.2 Å². The zero-order valence-corrected chi connectivity index (χ0v) is 13.3. The van der Waals surface area contributed by atoms with E-state index in [1.807, 2.05) is 12.1 Å². The lowest BCUT2D eigenvalue weighted by Gasteiger charge is -2.38. The maximum Gasteiger partial charge on any atom is 0.305 e. The van der Waals surface area contributed by atoms with E-state index in [-0.39, 0.29) is 12.5 Å². The minimum atomic E-state index is -1.40. The summed E-state index contributed by atoms with van der Waals surface area (Å²) in [5.74, 6) is -1.97. The summed E-state index contributed by atoms with van der Waals surface area (Å²) in [7, 11) is 0. The van der Waals surface area contributed by atoms with Gasteiger partial charge >= 0.3 is 5.97 Å². The van der Waals surface area contributed by atoms with Crippen LogP contribution in [-0.4, -0.2) is 57.8 Å². The number of carboxylic acid groups (broad SMARTS) is 1. The van der Waals surface area contributed by atoms with Crippen LogP contribution in [0.5, 0.6) is 0 Å². The highest BCUT2D eigenvalue weighted by Crippen LogP contribution is 2.23. The van der Waals surface area contributed by atoms with Crippen molar-refractivity contribution in [1.29, 1.82) is 0 Å². The Balaban J connectivity index is 2.26. The van der Waals surface area contributed by atoms with E-state index in [0.29, 0.717) is 12.0 Å². The first-order chi connectivity index (χ1) is 11.3. The molecule has 1 aromatic rings. The van der Waals surface area contributed by atoms with Crippen molar-refractivity contribution < 1.29 is 24.6 Å². The van der Waals surface area contributed by atoms with Crippen LogP contribution in [0.4, 0.5) is 0 Å². The Kier molecular flexibility index (Phi) is 5.53. The second-order valence-electron chi connectivity index (χ2n) is 5.79. The fourth-order valence-corrected chi connectivity index (χ4v) is 2.91. The average Bonchev–Trinajstić information content (AvgIpc) is 2.52. The molecule has 0 bridgehead atoms. The number of rotatable bonds is 6. The van der Waals surface area contributed by atoms with Gasteiger partial charge in [0.25, 0.3) is 5.91 Å². The zero-order chi connectivity index (χ0) is 17.9. The highest BCUT2D eigenvalue weighted by atomic mass is 16.4. The smallest absolute Gasteiger partial charge is 0.305 e. The molecule has 1 aliphatic rings. The van der Waals surface area contributed by atoms with Gasteiger partial charge in [-0.15, -0.1) is 0 Å². The molecular weight excluding hydrogens is 314 g/mol. The van der Waals surface area contributed by atoms with E-state index in [1.54, 1.807) is 12.1 Å². The number of nitrogens with zero attached hydrogens (tertiary/aromatic N) is 1. The van der Waals surface area contributed by atoms with Crippen LogP contribution in [0, 0.1) is 0 Å². The molecular formula is C16H21N3O5. The van der Waals surface area contributed by atoms with E-state index >= 15 is 0 Å². The summed E-state index contributed by atoms with van der Waals surface area (Å²) in [4.78, 5) is 36.3. The number of nitrogens with one attached hydrogen (secondary N) is 1.